The van der Waals surface area contributed by atoms with E-state index < -0.39 is 10.0 Å². The maximum atomic E-state index is 12.4. The molecule has 2 rings (SSSR count). The van der Waals surface area contributed by atoms with Crippen LogP contribution < -0.4 is 10.6 Å². The summed E-state index contributed by atoms with van der Waals surface area (Å²) in [6.45, 7) is 3.29. The Labute approximate surface area is 117 Å². The molecule has 0 radical (unpaired) electrons. The van der Waals surface area contributed by atoms with Crippen molar-refractivity contribution in [2.45, 2.75) is 18.2 Å². The van der Waals surface area contributed by atoms with E-state index in [1.54, 1.807) is 0 Å². The standard InChI is InChI=1S/C11H17N5O3S/c1-2-12-11-14-7-9(8-15-11)20(18,19)16-5-3-10(17)13-4-6-16/h7-8H,2-6H2,1H3,(H,13,17)(H,12,14,15). The number of carbonyl (C=O) groups is 1. The highest BCUT2D eigenvalue weighted by Gasteiger charge is 2.27. The fourth-order valence-corrected chi connectivity index (χ4v) is 3.17. The molecule has 2 heterocycles. The predicted octanol–water partition coefficient (Wildman–Crippen LogP) is -0.581. The number of amides is 1. The lowest BCUT2D eigenvalue weighted by atomic mass is 10.4. The maximum Gasteiger partial charge on any atom is 0.246 e. The fourth-order valence-electron chi connectivity index (χ4n) is 1.83. The minimum absolute atomic E-state index is 0.0357. The van der Waals surface area contributed by atoms with Gasteiger partial charge in [-0.2, -0.15) is 4.31 Å². The first-order valence-electron chi connectivity index (χ1n) is 6.37. The molecule has 0 spiro atoms. The number of carbonyl (C=O) groups excluding carboxylic acids is 1. The van der Waals surface area contributed by atoms with Gasteiger partial charge in [-0.05, 0) is 6.92 Å². The van der Waals surface area contributed by atoms with Gasteiger partial charge in [0.25, 0.3) is 0 Å². The monoisotopic (exact) mass is 299 g/mol. The molecule has 1 saturated heterocycles. The first-order chi connectivity index (χ1) is 9.54. The molecule has 0 aromatic carbocycles. The van der Waals surface area contributed by atoms with Gasteiger partial charge in [-0.25, -0.2) is 18.4 Å². The Kier molecular flexibility index (Phi) is 4.50. The van der Waals surface area contributed by atoms with E-state index in [0.29, 0.717) is 19.0 Å². The van der Waals surface area contributed by atoms with Gasteiger partial charge in [-0.15, -0.1) is 0 Å². The molecule has 20 heavy (non-hydrogen) atoms. The van der Waals surface area contributed by atoms with Crippen LogP contribution in [-0.2, 0) is 14.8 Å². The Hall–Kier alpha value is -1.74. The molecular formula is C11H17N5O3S. The van der Waals surface area contributed by atoms with Crippen LogP contribution in [0.4, 0.5) is 5.95 Å². The highest BCUT2D eigenvalue weighted by Crippen LogP contribution is 2.15. The average Bonchev–Trinajstić information content (AvgIpc) is 2.65. The summed E-state index contributed by atoms with van der Waals surface area (Å²) in [6, 6.07) is 0. The van der Waals surface area contributed by atoms with Gasteiger partial charge in [-0.3, -0.25) is 4.79 Å². The maximum absolute atomic E-state index is 12.4. The third kappa shape index (κ3) is 3.23. The first kappa shape index (κ1) is 14.7. The number of hydrogen-bond acceptors (Lipinski definition) is 6. The van der Waals surface area contributed by atoms with Crippen molar-refractivity contribution in [2.75, 3.05) is 31.5 Å². The SMILES string of the molecule is CCNc1ncc(S(=O)(=O)N2CCNC(=O)CC2)cn1. The second kappa shape index (κ2) is 6.14. The van der Waals surface area contributed by atoms with Gasteiger partial charge < -0.3 is 10.6 Å². The molecule has 0 unspecified atom stereocenters. The minimum Gasteiger partial charge on any atom is -0.355 e. The molecule has 1 fully saturated rings. The highest BCUT2D eigenvalue weighted by atomic mass is 32.2. The molecule has 110 valence electrons. The summed E-state index contributed by atoms with van der Waals surface area (Å²) in [6.07, 6.45) is 2.72. The van der Waals surface area contributed by atoms with Crippen molar-refractivity contribution in [3.05, 3.63) is 12.4 Å². The molecular weight excluding hydrogens is 282 g/mol. The zero-order valence-corrected chi connectivity index (χ0v) is 12.0. The van der Waals surface area contributed by atoms with E-state index in [4.69, 9.17) is 0 Å². The van der Waals surface area contributed by atoms with E-state index in [1.165, 1.54) is 16.7 Å². The lowest BCUT2D eigenvalue weighted by Crippen LogP contribution is -2.34. The number of rotatable bonds is 4. The number of hydrogen-bond donors (Lipinski definition) is 2. The third-order valence-electron chi connectivity index (χ3n) is 2.87. The van der Waals surface area contributed by atoms with E-state index in [2.05, 4.69) is 20.6 Å². The van der Waals surface area contributed by atoms with Crippen molar-refractivity contribution < 1.29 is 13.2 Å². The van der Waals surface area contributed by atoms with Gasteiger partial charge >= 0.3 is 0 Å². The summed E-state index contributed by atoms with van der Waals surface area (Å²) in [5.41, 5.74) is 0. The van der Waals surface area contributed by atoms with Crippen molar-refractivity contribution in [1.82, 2.24) is 19.6 Å². The van der Waals surface area contributed by atoms with Gasteiger partial charge in [0.2, 0.25) is 21.9 Å². The summed E-state index contributed by atoms with van der Waals surface area (Å²) in [7, 11) is -3.65. The highest BCUT2D eigenvalue weighted by molar-refractivity contribution is 7.89. The molecule has 2 N–H and O–H groups in total. The van der Waals surface area contributed by atoms with E-state index >= 15 is 0 Å². The molecule has 1 amide bonds. The third-order valence-corrected chi connectivity index (χ3v) is 4.72. The van der Waals surface area contributed by atoms with E-state index in [1.807, 2.05) is 6.92 Å². The summed E-state index contributed by atoms with van der Waals surface area (Å²) in [5, 5.41) is 5.53. The Balaban J connectivity index is 2.18. The van der Waals surface area contributed by atoms with E-state index in [-0.39, 0.29) is 30.3 Å². The number of anilines is 1. The van der Waals surface area contributed by atoms with Gasteiger partial charge in [-0.1, -0.05) is 0 Å². The molecule has 1 aromatic rings. The fraction of sp³-hybridized carbons (Fsp3) is 0.545. The van der Waals surface area contributed by atoms with Gasteiger partial charge in [0.1, 0.15) is 4.90 Å². The van der Waals surface area contributed by atoms with Crippen LogP contribution in [0.15, 0.2) is 17.3 Å². The van der Waals surface area contributed by atoms with Crippen LogP contribution in [-0.4, -0.2) is 54.8 Å². The molecule has 0 saturated carbocycles. The molecule has 9 heteroatoms. The van der Waals surface area contributed by atoms with Crippen LogP contribution >= 0.6 is 0 Å². The van der Waals surface area contributed by atoms with Crippen molar-refractivity contribution in [1.29, 1.82) is 0 Å². The van der Waals surface area contributed by atoms with Crippen LogP contribution in [0.5, 0.6) is 0 Å². The van der Waals surface area contributed by atoms with Gasteiger partial charge in [0.15, 0.2) is 0 Å². The summed E-state index contributed by atoms with van der Waals surface area (Å²) >= 11 is 0. The second-order valence-corrected chi connectivity index (χ2v) is 6.21. The zero-order valence-electron chi connectivity index (χ0n) is 11.2. The van der Waals surface area contributed by atoms with Crippen molar-refractivity contribution >= 4 is 21.9 Å². The second-order valence-electron chi connectivity index (χ2n) is 4.28. The molecule has 1 aliphatic rings. The molecule has 1 aliphatic heterocycles. The normalized spacial score (nSPS) is 17.4. The molecule has 0 atom stereocenters. The van der Waals surface area contributed by atoms with Crippen LogP contribution in [0, 0.1) is 0 Å². The van der Waals surface area contributed by atoms with E-state index in [9.17, 15) is 13.2 Å². The number of nitrogens with one attached hydrogen (secondary N) is 2. The minimum atomic E-state index is -3.65. The summed E-state index contributed by atoms with van der Waals surface area (Å²) < 4.78 is 26.1. The van der Waals surface area contributed by atoms with E-state index in [0.717, 1.165) is 0 Å². The largest absolute Gasteiger partial charge is 0.355 e. The lowest BCUT2D eigenvalue weighted by Gasteiger charge is -2.18. The lowest BCUT2D eigenvalue weighted by molar-refractivity contribution is -0.120. The van der Waals surface area contributed by atoms with Crippen LogP contribution in [0.25, 0.3) is 0 Å². The Morgan fingerprint density at radius 3 is 2.70 bits per heavy atom. The molecule has 8 nitrogen and oxygen atoms in total. The van der Waals surface area contributed by atoms with Gasteiger partial charge in [0, 0.05) is 32.6 Å². The molecule has 0 aliphatic carbocycles. The van der Waals surface area contributed by atoms with Crippen LogP contribution in [0.3, 0.4) is 0 Å². The van der Waals surface area contributed by atoms with Crippen molar-refractivity contribution in [3.63, 3.8) is 0 Å². The average molecular weight is 299 g/mol. The quantitative estimate of drug-likeness (QED) is 0.771. The smallest absolute Gasteiger partial charge is 0.246 e. The van der Waals surface area contributed by atoms with Crippen LogP contribution in [0.1, 0.15) is 13.3 Å². The van der Waals surface area contributed by atoms with Crippen molar-refractivity contribution in [2.24, 2.45) is 0 Å². The number of aromatic nitrogens is 2. The zero-order chi connectivity index (χ0) is 14.6. The molecule has 0 bridgehead atoms. The molecule has 1 aromatic heterocycles. The predicted molar refractivity (Wildman–Crippen MR) is 72.6 cm³/mol. The van der Waals surface area contributed by atoms with Crippen LogP contribution in [0.2, 0.25) is 0 Å². The Morgan fingerprint density at radius 2 is 2.05 bits per heavy atom. The Bertz CT molecular complexity index is 572. The van der Waals surface area contributed by atoms with Crippen molar-refractivity contribution in [3.8, 4) is 0 Å². The number of nitrogens with zero attached hydrogens (tertiary/aromatic N) is 3. The van der Waals surface area contributed by atoms with Gasteiger partial charge in [0.05, 0.1) is 12.4 Å². The first-order valence-corrected chi connectivity index (χ1v) is 7.81. The summed E-state index contributed by atoms with van der Waals surface area (Å²) in [4.78, 5) is 19.2. The number of sulfonamides is 1. The summed E-state index contributed by atoms with van der Waals surface area (Å²) in [5.74, 6) is 0.251. The topological polar surface area (TPSA) is 104 Å². The Morgan fingerprint density at radius 1 is 1.35 bits per heavy atom.